The molecular weight excluding hydrogens is 490 g/mol. The molecule has 0 saturated heterocycles. The van der Waals surface area contributed by atoms with E-state index in [4.69, 9.17) is 4.74 Å². The first kappa shape index (κ1) is 27.7. The minimum atomic E-state index is -3.60. The molecule has 37 heavy (non-hydrogen) atoms. The lowest BCUT2D eigenvalue weighted by Gasteiger charge is -2.24. The average Bonchev–Trinajstić information content (AvgIpc) is 2.80. The number of H-pyrrole nitrogens is 1. The van der Waals surface area contributed by atoms with E-state index in [1.54, 1.807) is 69.9 Å². The Hall–Kier alpha value is -3.85. The molecule has 2 N–H and O–H groups in total. The van der Waals surface area contributed by atoms with Crippen LogP contribution in [0.1, 0.15) is 47.8 Å². The topological polar surface area (TPSA) is 109 Å². The highest BCUT2D eigenvalue weighted by atomic mass is 32.2. The van der Waals surface area contributed by atoms with E-state index < -0.39 is 10.0 Å². The number of aromatic amines is 1. The molecule has 0 radical (unpaired) electrons. The van der Waals surface area contributed by atoms with Gasteiger partial charge in [-0.3, -0.25) is 14.3 Å². The van der Waals surface area contributed by atoms with Gasteiger partial charge < -0.3 is 14.6 Å². The van der Waals surface area contributed by atoms with Gasteiger partial charge >= 0.3 is 0 Å². The highest BCUT2D eigenvalue weighted by Crippen LogP contribution is 2.38. The number of amides is 1. The second-order valence-corrected chi connectivity index (χ2v) is 11.7. The molecule has 1 amide bonds. The van der Waals surface area contributed by atoms with E-state index in [9.17, 15) is 18.0 Å². The summed E-state index contributed by atoms with van der Waals surface area (Å²) in [5.74, 6) is 0.345. The lowest BCUT2D eigenvalue weighted by atomic mass is 9.83. The molecule has 1 heterocycles. The summed E-state index contributed by atoms with van der Waals surface area (Å²) in [4.78, 5) is 29.6. The number of anilines is 1. The van der Waals surface area contributed by atoms with Crippen LogP contribution >= 0.6 is 0 Å². The number of pyridine rings is 1. The number of carbonyl (C=O) groups excluding carboxylic acids is 1. The molecule has 0 aliphatic heterocycles. The summed E-state index contributed by atoms with van der Waals surface area (Å²) in [6.45, 7) is 6.16. The summed E-state index contributed by atoms with van der Waals surface area (Å²) >= 11 is 0. The summed E-state index contributed by atoms with van der Waals surface area (Å²) in [7, 11) is 1.24. The number of methoxy groups -OCH3 is 1. The minimum Gasteiger partial charge on any atom is -0.496 e. The fraction of sp³-hybridized carbons (Fsp3) is 0.286. The molecule has 8 nitrogen and oxygen atoms in total. The Bertz CT molecular complexity index is 1510. The Balaban J connectivity index is 2.31. The third-order valence-electron chi connectivity index (χ3n) is 5.73. The highest BCUT2D eigenvalue weighted by Gasteiger charge is 2.23. The minimum absolute atomic E-state index is 0.219. The van der Waals surface area contributed by atoms with E-state index in [-0.39, 0.29) is 22.6 Å². The number of ether oxygens (including phenoxy) is 1. The van der Waals surface area contributed by atoms with Crippen molar-refractivity contribution in [3.05, 3.63) is 81.3 Å². The SMILES string of the molecule is COc1c(C=Cc2c(NS(C)(=O)=O)cccc2C(=O)N(C)C)cc(-c2ccc[nH]c2=O)cc1C(C)(C)C. The van der Waals surface area contributed by atoms with Crippen molar-refractivity contribution in [2.24, 2.45) is 0 Å². The van der Waals surface area contributed by atoms with Gasteiger partial charge in [-0.15, -0.1) is 0 Å². The van der Waals surface area contributed by atoms with E-state index in [1.165, 1.54) is 4.90 Å². The number of aromatic nitrogens is 1. The molecule has 1 aromatic heterocycles. The van der Waals surface area contributed by atoms with Gasteiger partial charge in [0.25, 0.3) is 11.5 Å². The predicted molar refractivity (Wildman–Crippen MR) is 150 cm³/mol. The van der Waals surface area contributed by atoms with Gasteiger partial charge in [0.1, 0.15) is 5.75 Å². The molecule has 2 aromatic carbocycles. The van der Waals surface area contributed by atoms with Crippen LogP contribution < -0.4 is 15.0 Å². The molecule has 0 aliphatic carbocycles. The standard InChI is InChI=1S/C28H33N3O5S/c1-28(2,3)23-17-19(20-11-9-15-29-26(20)32)16-18(25(23)36-6)13-14-21-22(27(33)31(4)5)10-8-12-24(21)30-37(7,34)35/h8-17,30H,1-7H3,(H,29,32). The van der Waals surface area contributed by atoms with Crippen LogP contribution in [0.25, 0.3) is 23.3 Å². The molecule has 0 fully saturated rings. The predicted octanol–water partition coefficient (Wildman–Crippen LogP) is 4.59. The second-order valence-electron chi connectivity index (χ2n) is 9.98. The van der Waals surface area contributed by atoms with Crippen molar-refractivity contribution >= 4 is 33.8 Å². The van der Waals surface area contributed by atoms with Crippen molar-refractivity contribution in [3.8, 4) is 16.9 Å². The molecule has 0 atom stereocenters. The van der Waals surface area contributed by atoms with Gasteiger partial charge in [0.15, 0.2) is 0 Å². The van der Waals surface area contributed by atoms with Crippen LogP contribution in [0, 0.1) is 0 Å². The van der Waals surface area contributed by atoms with Crippen LogP contribution in [-0.2, 0) is 15.4 Å². The van der Waals surface area contributed by atoms with E-state index in [0.29, 0.717) is 33.6 Å². The smallest absolute Gasteiger partial charge is 0.255 e. The summed E-state index contributed by atoms with van der Waals surface area (Å²) in [5.41, 5.74) is 3.27. The summed E-state index contributed by atoms with van der Waals surface area (Å²) in [6, 6.07) is 12.2. The van der Waals surface area contributed by atoms with Crippen molar-refractivity contribution in [1.82, 2.24) is 9.88 Å². The van der Waals surface area contributed by atoms with Gasteiger partial charge in [-0.2, -0.15) is 0 Å². The van der Waals surface area contributed by atoms with E-state index in [1.807, 2.05) is 12.1 Å². The van der Waals surface area contributed by atoms with Crippen molar-refractivity contribution < 1.29 is 17.9 Å². The van der Waals surface area contributed by atoms with Crippen molar-refractivity contribution in [2.75, 3.05) is 32.2 Å². The maximum atomic E-state index is 12.9. The zero-order valence-electron chi connectivity index (χ0n) is 22.2. The van der Waals surface area contributed by atoms with Crippen LogP contribution in [0.3, 0.4) is 0 Å². The average molecular weight is 524 g/mol. The van der Waals surface area contributed by atoms with Crippen LogP contribution in [0.4, 0.5) is 5.69 Å². The van der Waals surface area contributed by atoms with Gasteiger partial charge in [0.2, 0.25) is 10.0 Å². The first-order valence-electron chi connectivity index (χ1n) is 11.6. The monoisotopic (exact) mass is 523 g/mol. The summed E-state index contributed by atoms with van der Waals surface area (Å²) in [6.07, 6.45) is 6.09. The Morgan fingerprint density at radius 2 is 1.78 bits per heavy atom. The number of nitrogens with one attached hydrogen (secondary N) is 2. The number of benzene rings is 2. The van der Waals surface area contributed by atoms with Crippen molar-refractivity contribution in [3.63, 3.8) is 0 Å². The van der Waals surface area contributed by atoms with Crippen LogP contribution in [0.5, 0.6) is 5.75 Å². The molecule has 3 aromatic rings. The molecule has 0 bridgehead atoms. The van der Waals surface area contributed by atoms with Gasteiger partial charge in [-0.05, 0) is 47.4 Å². The maximum absolute atomic E-state index is 12.9. The highest BCUT2D eigenvalue weighted by molar-refractivity contribution is 7.92. The largest absolute Gasteiger partial charge is 0.496 e. The zero-order chi connectivity index (χ0) is 27.5. The van der Waals surface area contributed by atoms with Gasteiger partial charge in [0, 0.05) is 48.1 Å². The Morgan fingerprint density at radius 1 is 1.08 bits per heavy atom. The molecule has 0 aliphatic rings. The summed E-state index contributed by atoms with van der Waals surface area (Å²) in [5, 5.41) is 0. The second kappa shape index (κ2) is 10.6. The molecule has 3 rings (SSSR count). The Labute approximate surface area is 218 Å². The molecule has 9 heteroatoms. The third-order valence-corrected chi connectivity index (χ3v) is 6.32. The van der Waals surface area contributed by atoms with E-state index in [2.05, 4.69) is 30.5 Å². The van der Waals surface area contributed by atoms with Gasteiger partial charge in [0.05, 0.1) is 19.1 Å². The maximum Gasteiger partial charge on any atom is 0.255 e. The molecule has 0 unspecified atom stereocenters. The number of hydrogen-bond acceptors (Lipinski definition) is 5. The number of carbonyl (C=O) groups is 1. The normalized spacial score (nSPS) is 12.0. The third kappa shape index (κ3) is 6.48. The molecule has 196 valence electrons. The van der Waals surface area contributed by atoms with Gasteiger partial charge in [-0.1, -0.05) is 39.0 Å². The lowest BCUT2D eigenvalue weighted by Crippen LogP contribution is -2.23. The first-order valence-corrected chi connectivity index (χ1v) is 13.5. The van der Waals surface area contributed by atoms with E-state index in [0.717, 1.165) is 11.8 Å². The van der Waals surface area contributed by atoms with Crippen LogP contribution in [0.2, 0.25) is 0 Å². The Kier molecular flexibility index (Phi) is 7.97. The quantitative estimate of drug-likeness (QED) is 0.440. The van der Waals surface area contributed by atoms with Crippen LogP contribution in [0.15, 0.2) is 53.5 Å². The van der Waals surface area contributed by atoms with Crippen molar-refractivity contribution in [1.29, 1.82) is 0 Å². The summed E-state index contributed by atoms with van der Waals surface area (Å²) < 4.78 is 32.4. The van der Waals surface area contributed by atoms with Crippen molar-refractivity contribution in [2.45, 2.75) is 26.2 Å². The fourth-order valence-electron chi connectivity index (χ4n) is 4.00. The first-order chi connectivity index (χ1) is 17.2. The Morgan fingerprint density at radius 3 is 2.35 bits per heavy atom. The lowest BCUT2D eigenvalue weighted by molar-refractivity contribution is 0.0827. The number of sulfonamides is 1. The molecule has 0 saturated carbocycles. The molecule has 0 spiro atoms. The zero-order valence-corrected chi connectivity index (χ0v) is 23.0. The number of nitrogens with zero attached hydrogens (tertiary/aromatic N) is 1. The fourth-order valence-corrected chi connectivity index (χ4v) is 4.58. The van der Waals surface area contributed by atoms with Gasteiger partial charge in [-0.25, -0.2) is 8.42 Å². The van der Waals surface area contributed by atoms with Crippen LogP contribution in [-0.4, -0.2) is 51.7 Å². The number of rotatable bonds is 7. The molecular formula is C28H33N3O5S. The number of hydrogen-bond donors (Lipinski definition) is 2. The van der Waals surface area contributed by atoms with E-state index >= 15 is 0 Å².